The zero-order valence-electron chi connectivity index (χ0n) is 5.96. The molecule has 50 valence electrons. The van der Waals surface area contributed by atoms with Crippen molar-refractivity contribution in [2.75, 3.05) is 14.1 Å². The molecule has 0 aromatic rings. The number of hydrogen-bond donors (Lipinski definition) is 0. The molecule has 0 saturated carbocycles. The highest BCUT2D eigenvalue weighted by Gasteiger charge is 1.88. The van der Waals surface area contributed by atoms with Crippen molar-refractivity contribution in [1.82, 2.24) is 4.90 Å². The van der Waals surface area contributed by atoms with Crippen LogP contribution >= 0.6 is 0 Å². The SMILES string of the molecule is C=C/C(=C/N=C)N(C)C. The zero-order valence-corrected chi connectivity index (χ0v) is 5.96. The molecule has 0 bridgehead atoms. The van der Waals surface area contributed by atoms with E-state index in [1.54, 1.807) is 12.3 Å². The van der Waals surface area contributed by atoms with E-state index in [1.807, 2.05) is 19.0 Å². The minimum Gasteiger partial charge on any atom is -0.376 e. The third-order valence-electron chi connectivity index (χ3n) is 0.949. The van der Waals surface area contributed by atoms with Crippen LogP contribution in [0.4, 0.5) is 0 Å². The highest BCUT2D eigenvalue weighted by atomic mass is 15.1. The minimum absolute atomic E-state index is 0.963. The van der Waals surface area contributed by atoms with Gasteiger partial charge >= 0.3 is 0 Å². The van der Waals surface area contributed by atoms with Crippen LogP contribution in [0.15, 0.2) is 29.5 Å². The summed E-state index contributed by atoms with van der Waals surface area (Å²) in [5.74, 6) is 0. The summed E-state index contributed by atoms with van der Waals surface area (Å²) >= 11 is 0. The van der Waals surface area contributed by atoms with Crippen LogP contribution in [0.1, 0.15) is 0 Å². The lowest BCUT2D eigenvalue weighted by Crippen LogP contribution is -2.08. The van der Waals surface area contributed by atoms with Crippen LogP contribution in [-0.2, 0) is 0 Å². The Morgan fingerprint density at radius 1 is 1.56 bits per heavy atom. The van der Waals surface area contributed by atoms with Gasteiger partial charge in [0, 0.05) is 20.3 Å². The Morgan fingerprint density at radius 2 is 2.11 bits per heavy atom. The van der Waals surface area contributed by atoms with Crippen molar-refractivity contribution in [3.63, 3.8) is 0 Å². The lowest BCUT2D eigenvalue weighted by Gasteiger charge is -2.10. The fourth-order valence-electron chi connectivity index (χ4n) is 0.444. The molecule has 0 aliphatic rings. The second-order valence-electron chi connectivity index (χ2n) is 1.84. The molecule has 0 N–H and O–H groups in total. The van der Waals surface area contributed by atoms with Gasteiger partial charge in [-0.1, -0.05) is 6.58 Å². The number of likely N-dealkylation sites (N-methyl/N-ethyl adjacent to an activating group) is 1. The summed E-state index contributed by atoms with van der Waals surface area (Å²) in [5, 5.41) is 0. The van der Waals surface area contributed by atoms with Crippen molar-refractivity contribution in [3.8, 4) is 0 Å². The topological polar surface area (TPSA) is 15.6 Å². The van der Waals surface area contributed by atoms with Crippen LogP contribution in [0, 0.1) is 0 Å². The number of hydrogen-bond acceptors (Lipinski definition) is 2. The summed E-state index contributed by atoms with van der Waals surface area (Å²) in [6.07, 6.45) is 3.39. The Balaban J connectivity index is 4.13. The van der Waals surface area contributed by atoms with E-state index in [0.29, 0.717) is 0 Å². The average molecular weight is 124 g/mol. The summed E-state index contributed by atoms with van der Waals surface area (Å²) in [7, 11) is 3.86. The van der Waals surface area contributed by atoms with E-state index in [-0.39, 0.29) is 0 Å². The molecule has 2 heteroatoms. The van der Waals surface area contributed by atoms with E-state index in [1.165, 1.54) is 0 Å². The van der Waals surface area contributed by atoms with Crippen molar-refractivity contribution in [2.45, 2.75) is 0 Å². The molecular weight excluding hydrogens is 112 g/mol. The van der Waals surface area contributed by atoms with Crippen LogP contribution in [0.3, 0.4) is 0 Å². The van der Waals surface area contributed by atoms with Gasteiger partial charge in [0.25, 0.3) is 0 Å². The first kappa shape index (κ1) is 7.95. The van der Waals surface area contributed by atoms with E-state index < -0.39 is 0 Å². The van der Waals surface area contributed by atoms with Gasteiger partial charge in [-0.3, -0.25) is 4.99 Å². The first-order valence-corrected chi connectivity index (χ1v) is 2.68. The summed E-state index contributed by atoms with van der Waals surface area (Å²) in [4.78, 5) is 5.52. The largest absolute Gasteiger partial charge is 0.376 e. The zero-order chi connectivity index (χ0) is 7.28. The first-order valence-electron chi connectivity index (χ1n) is 2.68. The Hall–Kier alpha value is -1.05. The van der Waals surface area contributed by atoms with Crippen molar-refractivity contribution < 1.29 is 0 Å². The fourth-order valence-corrected chi connectivity index (χ4v) is 0.444. The standard InChI is InChI=1S/C7H12N2/c1-5-7(6-8-2)9(3)4/h5-6H,1-2H2,3-4H3/b7-6-. The number of aliphatic imine (C=N–C) groups is 1. The van der Waals surface area contributed by atoms with E-state index in [2.05, 4.69) is 18.3 Å². The molecule has 0 rings (SSSR count). The van der Waals surface area contributed by atoms with Crippen LogP contribution in [0.2, 0.25) is 0 Å². The molecule has 0 heterocycles. The van der Waals surface area contributed by atoms with Crippen LogP contribution in [0.5, 0.6) is 0 Å². The van der Waals surface area contributed by atoms with Gasteiger partial charge in [0.2, 0.25) is 0 Å². The highest BCUT2D eigenvalue weighted by molar-refractivity contribution is 5.27. The van der Waals surface area contributed by atoms with Gasteiger partial charge in [0.1, 0.15) is 0 Å². The van der Waals surface area contributed by atoms with Crippen molar-refractivity contribution in [1.29, 1.82) is 0 Å². The molecule has 0 spiro atoms. The van der Waals surface area contributed by atoms with Gasteiger partial charge in [-0.2, -0.15) is 0 Å². The Kier molecular flexibility index (Phi) is 3.44. The van der Waals surface area contributed by atoms with E-state index >= 15 is 0 Å². The maximum atomic E-state index is 3.60. The molecular formula is C7H12N2. The van der Waals surface area contributed by atoms with Crippen LogP contribution in [0.25, 0.3) is 0 Å². The molecule has 0 aliphatic heterocycles. The monoisotopic (exact) mass is 124 g/mol. The van der Waals surface area contributed by atoms with Crippen molar-refractivity contribution in [3.05, 3.63) is 24.6 Å². The smallest absolute Gasteiger partial charge is 0.0540 e. The Bertz CT molecular complexity index is 134. The predicted octanol–water partition coefficient (Wildman–Crippen LogP) is 1.28. The summed E-state index contributed by atoms with van der Waals surface area (Å²) in [6.45, 7) is 6.93. The highest BCUT2D eigenvalue weighted by Crippen LogP contribution is 1.97. The molecule has 0 radical (unpaired) electrons. The molecule has 0 atom stereocenters. The van der Waals surface area contributed by atoms with Gasteiger partial charge in [-0.05, 0) is 12.8 Å². The van der Waals surface area contributed by atoms with Gasteiger partial charge < -0.3 is 4.90 Å². The molecule has 9 heavy (non-hydrogen) atoms. The molecule has 0 fully saturated rings. The maximum absolute atomic E-state index is 3.60. The van der Waals surface area contributed by atoms with Crippen LogP contribution < -0.4 is 0 Å². The number of nitrogens with zero attached hydrogens (tertiary/aromatic N) is 2. The van der Waals surface area contributed by atoms with E-state index in [0.717, 1.165) is 5.70 Å². The molecule has 0 aliphatic carbocycles. The lowest BCUT2D eigenvalue weighted by atomic mass is 10.4. The van der Waals surface area contributed by atoms with Gasteiger partial charge in [-0.15, -0.1) is 0 Å². The lowest BCUT2D eigenvalue weighted by molar-refractivity contribution is 0.529. The molecule has 2 nitrogen and oxygen atoms in total. The van der Waals surface area contributed by atoms with E-state index in [9.17, 15) is 0 Å². The summed E-state index contributed by atoms with van der Waals surface area (Å²) < 4.78 is 0. The quantitative estimate of drug-likeness (QED) is 0.408. The minimum atomic E-state index is 0.963. The predicted molar refractivity (Wildman–Crippen MR) is 41.5 cm³/mol. The second-order valence-corrected chi connectivity index (χ2v) is 1.84. The summed E-state index contributed by atoms with van der Waals surface area (Å²) in [6, 6.07) is 0. The Morgan fingerprint density at radius 3 is 2.22 bits per heavy atom. The van der Waals surface area contributed by atoms with Crippen molar-refractivity contribution in [2.24, 2.45) is 4.99 Å². The number of rotatable bonds is 3. The van der Waals surface area contributed by atoms with Gasteiger partial charge in [0.15, 0.2) is 0 Å². The van der Waals surface area contributed by atoms with E-state index in [4.69, 9.17) is 0 Å². The average Bonchev–Trinajstić information content (AvgIpc) is 1.82. The third-order valence-corrected chi connectivity index (χ3v) is 0.949. The number of allylic oxidation sites excluding steroid dienone is 1. The molecule has 0 aromatic heterocycles. The van der Waals surface area contributed by atoms with Gasteiger partial charge in [0.05, 0.1) is 5.70 Å². The normalized spacial score (nSPS) is 10.7. The Labute approximate surface area is 56.2 Å². The first-order chi connectivity index (χ1) is 4.22. The van der Waals surface area contributed by atoms with Crippen LogP contribution in [-0.4, -0.2) is 25.7 Å². The third kappa shape index (κ3) is 2.69. The van der Waals surface area contributed by atoms with Gasteiger partial charge in [-0.25, -0.2) is 0 Å². The van der Waals surface area contributed by atoms with Crippen molar-refractivity contribution >= 4 is 6.72 Å². The molecule has 0 amide bonds. The molecule has 0 saturated heterocycles. The maximum Gasteiger partial charge on any atom is 0.0540 e. The molecule has 0 unspecified atom stereocenters. The molecule has 0 aromatic carbocycles. The fraction of sp³-hybridized carbons (Fsp3) is 0.286. The summed E-state index contributed by atoms with van der Waals surface area (Å²) in [5.41, 5.74) is 0.963. The second kappa shape index (κ2) is 3.89.